The van der Waals surface area contributed by atoms with Gasteiger partial charge in [0.25, 0.3) is 0 Å². The van der Waals surface area contributed by atoms with Crippen molar-refractivity contribution in [1.82, 2.24) is 5.32 Å². The summed E-state index contributed by atoms with van der Waals surface area (Å²) in [5.41, 5.74) is 4.03. The molecule has 0 aromatic heterocycles. The van der Waals surface area contributed by atoms with E-state index in [2.05, 4.69) is 27.7 Å². The molecule has 5 nitrogen and oxygen atoms in total. The molecule has 3 aromatic rings. The molecule has 3 aromatic carbocycles. The topological polar surface area (TPSA) is 53.6 Å². The SMILES string of the molecule is COC1CCN(c2ccc(NC(=O)NC(c3ccccc3)c3ccccc3)cc2)CC1. The van der Waals surface area contributed by atoms with Crippen LogP contribution in [0.15, 0.2) is 84.9 Å². The third-order valence-electron chi connectivity index (χ3n) is 5.81. The predicted molar refractivity (Wildman–Crippen MR) is 126 cm³/mol. The minimum absolute atomic E-state index is 0.219. The summed E-state index contributed by atoms with van der Waals surface area (Å²) in [5, 5.41) is 6.08. The van der Waals surface area contributed by atoms with Crippen LogP contribution in [0.1, 0.15) is 30.0 Å². The Morgan fingerprint density at radius 2 is 1.42 bits per heavy atom. The normalized spacial score (nSPS) is 14.5. The van der Waals surface area contributed by atoms with Crippen LogP contribution in [0.2, 0.25) is 0 Å². The number of nitrogens with zero attached hydrogens (tertiary/aromatic N) is 1. The van der Waals surface area contributed by atoms with Crippen molar-refractivity contribution in [3.05, 3.63) is 96.1 Å². The standard InChI is InChI=1S/C26H29N3O2/c1-31-24-16-18-29(19-17-24)23-14-12-22(13-15-23)27-26(30)28-25(20-8-4-2-5-9-20)21-10-6-3-7-11-21/h2-15,24-25H,16-19H2,1H3,(H2,27,28,30). The van der Waals surface area contributed by atoms with Gasteiger partial charge in [0.2, 0.25) is 0 Å². The van der Waals surface area contributed by atoms with Crippen molar-refractivity contribution in [2.45, 2.75) is 25.0 Å². The Labute approximate surface area is 184 Å². The van der Waals surface area contributed by atoms with E-state index in [0.29, 0.717) is 6.10 Å². The van der Waals surface area contributed by atoms with E-state index in [1.165, 1.54) is 5.69 Å². The van der Waals surface area contributed by atoms with Gasteiger partial charge in [0.05, 0.1) is 12.1 Å². The zero-order chi connectivity index (χ0) is 21.5. The third-order valence-corrected chi connectivity index (χ3v) is 5.81. The number of benzene rings is 3. The molecule has 1 aliphatic heterocycles. The maximum Gasteiger partial charge on any atom is 0.319 e. The quantitative estimate of drug-likeness (QED) is 0.581. The van der Waals surface area contributed by atoms with Gasteiger partial charge in [0, 0.05) is 31.6 Å². The van der Waals surface area contributed by atoms with Crippen LogP contribution in [-0.2, 0) is 4.74 Å². The first kappa shape index (κ1) is 20.9. The zero-order valence-corrected chi connectivity index (χ0v) is 17.8. The molecule has 4 rings (SSSR count). The fourth-order valence-corrected chi connectivity index (χ4v) is 4.05. The average Bonchev–Trinajstić information content (AvgIpc) is 2.84. The number of carbonyl (C=O) groups is 1. The fourth-order valence-electron chi connectivity index (χ4n) is 4.05. The van der Waals surface area contributed by atoms with Crippen molar-refractivity contribution in [3.8, 4) is 0 Å². The lowest BCUT2D eigenvalue weighted by atomic mass is 9.99. The highest BCUT2D eigenvalue weighted by Crippen LogP contribution is 2.24. The zero-order valence-electron chi connectivity index (χ0n) is 17.8. The van der Waals surface area contributed by atoms with Gasteiger partial charge >= 0.3 is 6.03 Å². The van der Waals surface area contributed by atoms with Crippen LogP contribution in [0.3, 0.4) is 0 Å². The minimum atomic E-state index is -0.230. The highest BCUT2D eigenvalue weighted by Gasteiger charge is 2.19. The molecule has 1 saturated heterocycles. The smallest absolute Gasteiger partial charge is 0.319 e. The van der Waals surface area contributed by atoms with Gasteiger partial charge in [-0.05, 0) is 48.2 Å². The number of rotatable bonds is 6. The van der Waals surface area contributed by atoms with Gasteiger partial charge in [-0.25, -0.2) is 4.79 Å². The lowest BCUT2D eigenvalue weighted by Crippen LogP contribution is -2.36. The van der Waals surface area contributed by atoms with E-state index in [4.69, 9.17) is 4.74 Å². The highest BCUT2D eigenvalue weighted by atomic mass is 16.5. The number of hydrogen-bond donors (Lipinski definition) is 2. The molecule has 0 aliphatic carbocycles. The van der Waals surface area contributed by atoms with Gasteiger partial charge in [-0.1, -0.05) is 60.7 Å². The van der Waals surface area contributed by atoms with Gasteiger partial charge in [-0.2, -0.15) is 0 Å². The lowest BCUT2D eigenvalue weighted by Gasteiger charge is -2.33. The molecular formula is C26H29N3O2. The molecule has 0 atom stereocenters. The first-order valence-corrected chi connectivity index (χ1v) is 10.8. The van der Waals surface area contributed by atoms with Crippen LogP contribution >= 0.6 is 0 Å². The molecule has 1 fully saturated rings. The predicted octanol–water partition coefficient (Wildman–Crippen LogP) is 5.21. The van der Waals surface area contributed by atoms with Gasteiger partial charge in [-0.15, -0.1) is 0 Å². The first-order valence-electron chi connectivity index (χ1n) is 10.8. The summed E-state index contributed by atoms with van der Waals surface area (Å²) in [5.74, 6) is 0. The van der Waals surface area contributed by atoms with E-state index < -0.39 is 0 Å². The van der Waals surface area contributed by atoms with E-state index in [1.54, 1.807) is 7.11 Å². The molecule has 0 radical (unpaired) electrons. The fraction of sp³-hybridized carbons (Fsp3) is 0.269. The van der Waals surface area contributed by atoms with Crippen LogP contribution in [0.4, 0.5) is 16.2 Å². The molecular weight excluding hydrogens is 386 g/mol. The number of nitrogens with one attached hydrogen (secondary N) is 2. The van der Waals surface area contributed by atoms with E-state index in [9.17, 15) is 4.79 Å². The summed E-state index contributed by atoms with van der Waals surface area (Å²) in [4.78, 5) is 15.1. The summed E-state index contributed by atoms with van der Waals surface area (Å²) in [6.07, 6.45) is 2.45. The van der Waals surface area contributed by atoms with E-state index in [1.807, 2.05) is 72.8 Å². The Kier molecular flexibility index (Phi) is 6.85. The molecule has 160 valence electrons. The molecule has 0 saturated carbocycles. The second-order valence-corrected chi connectivity index (χ2v) is 7.82. The summed E-state index contributed by atoms with van der Waals surface area (Å²) in [6, 6.07) is 27.6. The van der Waals surface area contributed by atoms with Gasteiger partial charge in [0.15, 0.2) is 0 Å². The van der Waals surface area contributed by atoms with Crippen LogP contribution in [0.25, 0.3) is 0 Å². The monoisotopic (exact) mass is 415 g/mol. The van der Waals surface area contributed by atoms with Gasteiger partial charge < -0.3 is 20.3 Å². The number of methoxy groups -OCH3 is 1. The maximum absolute atomic E-state index is 12.8. The van der Waals surface area contributed by atoms with Crippen molar-refractivity contribution in [2.75, 3.05) is 30.4 Å². The van der Waals surface area contributed by atoms with Gasteiger partial charge in [0.1, 0.15) is 0 Å². The van der Waals surface area contributed by atoms with E-state index in [-0.39, 0.29) is 12.1 Å². The number of ether oxygens (including phenoxy) is 1. The number of carbonyl (C=O) groups excluding carboxylic acids is 1. The van der Waals surface area contributed by atoms with Gasteiger partial charge in [-0.3, -0.25) is 0 Å². The van der Waals surface area contributed by atoms with Crippen molar-refractivity contribution >= 4 is 17.4 Å². The van der Waals surface area contributed by atoms with E-state index >= 15 is 0 Å². The summed E-state index contributed by atoms with van der Waals surface area (Å²) in [6.45, 7) is 1.98. The maximum atomic E-state index is 12.8. The number of anilines is 2. The molecule has 31 heavy (non-hydrogen) atoms. The number of amides is 2. The molecule has 1 heterocycles. The molecule has 0 bridgehead atoms. The Morgan fingerprint density at radius 1 is 0.871 bits per heavy atom. The number of urea groups is 1. The number of hydrogen-bond acceptors (Lipinski definition) is 3. The van der Waals surface area contributed by atoms with Crippen molar-refractivity contribution in [3.63, 3.8) is 0 Å². The second-order valence-electron chi connectivity index (χ2n) is 7.82. The molecule has 0 unspecified atom stereocenters. The van der Waals surface area contributed by atoms with Crippen LogP contribution in [-0.4, -0.2) is 32.3 Å². The molecule has 0 spiro atoms. The Hall–Kier alpha value is -3.31. The largest absolute Gasteiger partial charge is 0.381 e. The third kappa shape index (κ3) is 5.44. The van der Waals surface area contributed by atoms with E-state index in [0.717, 1.165) is 42.7 Å². The van der Waals surface area contributed by atoms with Crippen LogP contribution in [0, 0.1) is 0 Å². The molecule has 5 heteroatoms. The Morgan fingerprint density at radius 3 is 1.94 bits per heavy atom. The summed E-state index contributed by atoms with van der Waals surface area (Å²) < 4.78 is 5.45. The Bertz CT molecular complexity index is 913. The average molecular weight is 416 g/mol. The lowest BCUT2D eigenvalue weighted by molar-refractivity contribution is 0.0819. The highest BCUT2D eigenvalue weighted by molar-refractivity contribution is 5.90. The molecule has 2 amide bonds. The van der Waals surface area contributed by atoms with Crippen molar-refractivity contribution < 1.29 is 9.53 Å². The summed E-state index contributed by atoms with van der Waals surface area (Å²) in [7, 11) is 1.78. The molecule has 1 aliphatic rings. The minimum Gasteiger partial charge on any atom is -0.381 e. The van der Waals surface area contributed by atoms with Crippen molar-refractivity contribution in [1.29, 1.82) is 0 Å². The van der Waals surface area contributed by atoms with Crippen LogP contribution < -0.4 is 15.5 Å². The molecule has 2 N–H and O–H groups in total. The van der Waals surface area contributed by atoms with Crippen LogP contribution in [0.5, 0.6) is 0 Å². The van der Waals surface area contributed by atoms with Crippen molar-refractivity contribution in [2.24, 2.45) is 0 Å². The first-order chi connectivity index (χ1) is 15.2. The second kappa shape index (κ2) is 10.1. The Balaban J connectivity index is 1.40. The number of piperidine rings is 1. The summed E-state index contributed by atoms with van der Waals surface area (Å²) >= 11 is 0.